The van der Waals surface area contributed by atoms with E-state index >= 15 is 0 Å². The number of methoxy groups -OCH3 is 1. The highest BCUT2D eigenvalue weighted by atomic mass is 79.9. The third-order valence-electron chi connectivity index (χ3n) is 5.03. The molecule has 1 unspecified atom stereocenters. The fourth-order valence-electron chi connectivity index (χ4n) is 3.50. The van der Waals surface area contributed by atoms with Gasteiger partial charge in [-0.3, -0.25) is 4.98 Å². The minimum atomic E-state index is 0.184. The lowest BCUT2D eigenvalue weighted by molar-refractivity contribution is 0.0932. The van der Waals surface area contributed by atoms with Crippen LogP contribution in [0.5, 0.6) is 5.75 Å². The van der Waals surface area contributed by atoms with Crippen molar-refractivity contribution < 1.29 is 9.47 Å². The Morgan fingerprint density at radius 3 is 2.93 bits per heavy atom. The van der Waals surface area contributed by atoms with Crippen molar-refractivity contribution >= 4 is 27.7 Å². The van der Waals surface area contributed by atoms with Gasteiger partial charge in [-0.2, -0.15) is 0 Å². The second kappa shape index (κ2) is 9.94. The SMILES string of the molecule is CCSc1ccc(Cc2nc(-c3cc(OC)ccn3)nn2CC2CCCO2)c(Br)c1. The van der Waals surface area contributed by atoms with Crippen molar-refractivity contribution in [3.8, 4) is 17.3 Å². The first-order valence-electron chi connectivity index (χ1n) is 10.1. The van der Waals surface area contributed by atoms with Crippen LogP contribution in [0.2, 0.25) is 0 Å². The number of nitrogens with zero attached hydrogens (tertiary/aromatic N) is 4. The van der Waals surface area contributed by atoms with Crippen molar-refractivity contribution in [1.82, 2.24) is 19.7 Å². The largest absolute Gasteiger partial charge is 0.497 e. The van der Waals surface area contributed by atoms with E-state index in [4.69, 9.17) is 19.6 Å². The molecular weight excluding hydrogens is 464 g/mol. The number of pyridine rings is 1. The molecule has 0 N–H and O–H groups in total. The number of benzene rings is 1. The molecule has 0 aliphatic carbocycles. The number of hydrogen-bond acceptors (Lipinski definition) is 6. The van der Waals surface area contributed by atoms with Crippen LogP contribution < -0.4 is 4.74 Å². The quantitative estimate of drug-likeness (QED) is 0.416. The van der Waals surface area contributed by atoms with E-state index < -0.39 is 0 Å². The van der Waals surface area contributed by atoms with Crippen molar-refractivity contribution in [2.45, 2.75) is 43.7 Å². The number of hydrogen-bond donors (Lipinski definition) is 0. The monoisotopic (exact) mass is 488 g/mol. The molecule has 1 saturated heterocycles. The maximum Gasteiger partial charge on any atom is 0.200 e. The highest BCUT2D eigenvalue weighted by Gasteiger charge is 2.21. The van der Waals surface area contributed by atoms with Crippen LogP contribution in [-0.2, 0) is 17.7 Å². The van der Waals surface area contributed by atoms with Gasteiger partial charge in [-0.15, -0.1) is 16.9 Å². The zero-order valence-corrected chi connectivity index (χ0v) is 19.6. The summed E-state index contributed by atoms with van der Waals surface area (Å²) in [4.78, 5) is 10.5. The Labute approximate surface area is 189 Å². The predicted octanol–water partition coefficient (Wildman–Crippen LogP) is 4.99. The van der Waals surface area contributed by atoms with Gasteiger partial charge in [0.25, 0.3) is 0 Å². The normalized spacial score (nSPS) is 16.2. The summed E-state index contributed by atoms with van der Waals surface area (Å²) in [5.74, 6) is 3.31. The Morgan fingerprint density at radius 2 is 2.20 bits per heavy atom. The lowest BCUT2D eigenvalue weighted by atomic mass is 10.1. The molecule has 30 heavy (non-hydrogen) atoms. The van der Waals surface area contributed by atoms with E-state index in [2.05, 4.69) is 46.0 Å². The number of ether oxygens (including phenoxy) is 2. The molecule has 1 atom stereocenters. The molecule has 0 spiro atoms. The molecule has 6 nitrogen and oxygen atoms in total. The summed E-state index contributed by atoms with van der Waals surface area (Å²) < 4.78 is 14.2. The number of halogens is 1. The molecule has 4 rings (SSSR count). The van der Waals surface area contributed by atoms with E-state index in [-0.39, 0.29) is 6.10 Å². The number of rotatable bonds is 8. The average Bonchev–Trinajstić information content (AvgIpc) is 3.41. The summed E-state index contributed by atoms with van der Waals surface area (Å²) in [5.41, 5.74) is 1.89. The molecule has 8 heteroatoms. The van der Waals surface area contributed by atoms with Crippen LogP contribution in [0.15, 0.2) is 45.9 Å². The van der Waals surface area contributed by atoms with Gasteiger partial charge in [0.2, 0.25) is 0 Å². The minimum Gasteiger partial charge on any atom is -0.497 e. The topological polar surface area (TPSA) is 62.1 Å². The zero-order valence-electron chi connectivity index (χ0n) is 17.2. The summed E-state index contributed by atoms with van der Waals surface area (Å²) in [6.07, 6.45) is 4.74. The molecular formula is C22H25BrN4O2S. The molecule has 0 amide bonds. The lowest BCUT2D eigenvalue weighted by Gasteiger charge is -2.12. The molecule has 3 heterocycles. The Kier molecular flexibility index (Phi) is 7.07. The number of thioether (sulfide) groups is 1. The van der Waals surface area contributed by atoms with Gasteiger partial charge in [0.15, 0.2) is 5.82 Å². The van der Waals surface area contributed by atoms with Gasteiger partial charge in [-0.1, -0.05) is 28.9 Å². The molecule has 1 aliphatic rings. The third kappa shape index (κ3) is 5.04. The molecule has 1 aromatic carbocycles. The Bertz CT molecular complexity index is 1000. The zero-order chi connectivity index (χ0) is 20.9. The molecule has 1 aliphatic heterocycles. The summed E-state index contributed by atoms with van der Waals surface area (Å²) >= 11 is 5.57. The maximum absolute atomic E-state index is 5.84. The fraction of sp³-hybridized carbons (Fsp3) is 0.409. The minimum absolute atomic E-state index is 0.184. The van der Waals surface area contributed by atoms with Crippen LogP contribution in [0.25, 0.3) is 11.5 Å². The first-order chi connectivity index (χ1) is 14.7. The smallest absolute Gasteiger partial charge is 0.200 e. The van der Waals surface area contributed by atoms with Crippen molar-refractivity contribution in [2.75, 3.05) is 19.5 Å². The third-order valence-corrected chi connectivity index (χ3v) is 6.64. The fourth-order valence-corrected chi connectivity index (χ4v) is 4.87. The van der Waals surface area contributed by atoms with Crippen LogP contribution in [0, 0.1) is 0 Å². The molecule has 0 radical (unpaired) electrons. The Hall–Kier alpha value is -1.90. The lowest BCUT2D eigenvalue weighted by Crippen LogP contribution is -2.18. The molecule has 0 saturated carbocycles. The molecule has 3 aromatic rings. The molecule has 1 fully saturated rings. The average molecular weight is 489 g/mol. The van der Waals surface area contributed by atoms with Gasteiger partial charge in [-0.05, 0) is 42.4 Å². The Morgan fingerprint density at radius 1 is 1.30 bits per heavy atom. The van der Waals surface area contributed by atoms with Gasteiger partial charge in [-0.25, -0.2) is 9.67 Å². The van der Waals surface area contributed by atoms with Crippen molar-refractivity contribution in [3.63, 3.8) is 0 Å². The first kappa shape index (κ1) is 21.3. The van der Waals surface area contributed by atoms with Crippen LogP contribution in [0.1, 0.15) is 31.2 Å². The van der Waals surface area contributed by atoms with Crippen LogP contribution in [-0.4, -0.2) is 45.3 Å². The van der Waals surface area contributed by atoms with E-state index in [1.807, 2.05) is 28.6 Å². The Balaban J connectivity index is 1.65. The summed E-state index contributed by atoms with van der Waals surface area (Å²) in [5, 5.41) is 4.78. The number of aromatic nitrogens is 4. The van der Waals surface area contributed by atoms with E-state index in [9.17, 15) is 0 Å². The first-order valence-corrected chi connectivity index (χ1v) is 11.9. The van der Waals surface area contributed by atoms with E-state index in [0.717, 1.165) is 41.2 Å². The van der Waals surface area contributed by atoms with E-state index in [0.29, 0.717) is 24.5 Å². The highest BCUT2D eigenvalue weighted by Crippen LogP contribution is 2.28. The molecule has 2 aromatic heterocycles. The van der Waals surface area contributed by atoms with Gasteiger partial charge < -0.3 is 9.47 Å². The summed E-state index contributed by atoms with van der Waals surface area (Å²) in [6.45, 7) is 3.68. The molecule has 0 bridgehead atoms. The van der Waals surface area contributed by atoms with Gasteiger partial charge >= 0.3 is 0 Å². The van der Waals surface area contributed by atoms with Crippen molar-refractivity contribution in [2.24, 2.45) is 0 Å². The second-order valence-corrected chi connectivity index (χ2v) is 9.30. The van der Waals surface area contributed by atoms with Crippen LogP contribution >= 0.6 is 27.7 Å². The predicted molar refractivity (Wildman–Crippen MR) is 122 cm³/mol. The van der Waals surface area contributed by atoms with Crippen LogP contribution in [0.4, 0.5) is 0 Å². The van der Waals surface area contributed by atoms with E-state index in [1.165, 1.54) is 10.5 Å². The second-order valence-electron chi connectivity index (χ2n) is 7.11. The van der Waals surface area contributed by atoms with E-state index in [1.54, 1.807) is 13.3 Å². The maximum atomic E-state index is 5.84. The van der Waals surface area contributed by atoms with Crippen molar-refractivity contribution in [1.29, 1.82) is 0 Å². The standard InChI is InChI=1S/C22H25BrN4O2S/c1-3-30-18-7-6-15(19(23)13-18)11-21-25-22(20-12-16(28-2)8-9-24-20)26-27(21)14-17-5-4-10-29-17/h6-9,12-13,17H,3-5,10-11,14H2,1-2H3. The molecule has 158 valence electrons. The summed E-state index contributed by atoms with van der Waals surface area (Å²) in [7, 11) is 1.64. The van der Waals surface area contributed by atoms with Gasteiger partial charge in [0, 0.05) is 34.7 Å². The van der Waals surface area contributed by atoms with Crippen LogP contribution in [0.3, 0.4) is 0 Å². The van der Waals surface area contributed by atoms with Crippen molar-refractivity contribution in [3.05, 3.63) is 52.4 Å². The summed E-state index contributed by atoms with van der Waals surface area (Å²) in [6, 6.07) is 10.2. The van der Waals surface area contributed by atoms with Gasteiger partial charge in [0.1, 0.15) is 17.3 Å². The van der Waals surface area contributed by atoms with Gasteiger partial charge in [0.05, 0.1) is 19.8 Å². The highest BCUT2D eigenvalue weighted by molar-refractivity contribution is 9.10.